The zero-order valence-corrected chi connectivity index (χ0v) is 10.1. The fourth-order valence-corrected chi connectivity index (χ4v) is 2.27. The molecule has 0 heterocycles. The summed E-state index contributed by atoms with van der Waals surface area (Å²) in [5.41, 5.74) is 3.13. The van der Waals surface area contributed by atoms with Crippen LogP contribution in [0.15, 0.2) is 53.4 Å². The van der Waals surface area contributed by atoms with Gasteiger partial charge in [0, 0.05) is 10.6 Å². The quantitative estimate of drug-likeness (QED) is 0.639. The maximum atomic E-state index is 12.4. The van der Waals surface area contributed by atoms with Crippen LogP contribution in [0.5, 0.6) is 0 Å². The van der Waals surface area contributed by atoms with Gasteiger partial charge in [0.2, 0.25) is 0 Å². The first-order chi connectivity index (χ1) is 8.46. The topological polar surface area (TPSA) is 26.0 Å². The summed E-state index contributed by atoms with van der Waals surface area (Å²) < 4.78 is 37.3. The average Bonchev–Trinajstić information content (AvgIpc) is 2.29. The Labute approximate surface area is 107 Å². The Morgan fingerprint density at radius 2 is 1.50 bits per heavy atom. The molecule has 0 aliphatic carbocycles. The van der Waals surface area contributed by atoms with E-state index in [4.69, 9.17) is 5.73 Å². The Bertz CT molecular complexity index is 535. The predicted octanol–water partition coefficient (Wildman–Crippen LogP) is 4.55. The number of anilines is 1. The third kappa shape index (κ3) is 3.20. The lowest BCUT2D eigenvalue weighted by molar-refractivity contribution is -0.0327. The summed E-state index contributed by atoms with van der Waals surface area (Å²) in [5, 5.41) is 0. The molecule has 0 aliphatic heterocycles. The SMILES string of the molecule is Nc1ccc(-c2ccccc2SC(F)(F)F)cc1. The smallest absolute Gasteiger partial charge is 0.399 e. The Kier molecular flexibility index (Phi) is 3.52. The molecule has 0 radical (unpaired) electrons. The number of halogens is 3. The number of hydrogen-bond donors (Lipinski definition) is 1. The van der Waals surface area contributed by atoms with Crippen LogP contribution in [0, 0.1) is 0 Å². The fourth-order valence-electron chi connectivity index (χ4n) is 1.58. The number of nitrogen functional groups attached to an aromatic ring is 1. The van der Waals surface area contributed by atoms with Crippen molar-refractivity contribution in [3.05, 3.63) is 48.5 Å². The lowest BCUT2D eigenvalue weighted by Crippen LogP contribution is -1.99. The Balaban J connectivity index is 2.41. The van der Waals surface area contributed by atoms with E-state index in [1.165, 1.54) is 6.07 Å². The van der Waals surface area contributed by atoms with Crippen LogP contribution in [0.25, 0.3) is 11.1 Å². The van der Waals surface area contributed by atoms with E-state index in [-0.39, 0.29) is 16.7 Å². The van der Waals surface area contributed by atoms with Crippen molar-refractivity contribution in [2.75, 3.05) is 5.73 Å². The van der Waals surface area contributed by atoms with Crippen molar-refractivity contribution in [3.8, 4) is 11.1 Å². The molecule has 0 bridgehead atoms. The van der Waals surface area contributed by atoms with E-state index in [9.17, 15) is 13.2 Å². The molecule has 2 aromatic rings. The van der Waals surface area contributed by atoms with Gasteiger partial charge in [-0.2, -0.15) is 13.2 Å². The van der Waals surface area contributed by atoms with Gasteiger partial charge in [-0.15, -0.1) is 0 Å². The van der Waals surface area contributed by atoms with Gasteiger partial charge in [-0.1, -0.05) is 30.3 Å². The third-order valence-electron chi connectivity index (χ3n) is 2.33. The van der Waals surface area contributed by atoms with Crippen LogP contribution in [0.2, 0.25) is 0 Å². The van der Waals surface area contributed by atoms with Gasteiger partial charge >= 0.3 is 5.51 Å². The molecule has 2 rings (SSSR count). The van der Waals surface area contributed by atoms with E-state index in [0.717, 1.165) is 5.56 Å². The van der Waals surface area contributed by atoms with Gasteiger partial charge < -0.3 is 5.73 Å². The third-order valence-corrected chi connectivity index (χ3v) is 3.14. The first-order valence-electron chi connectivity index (χ1n) is 5.16. The Morgan fingerprint density at radius 1 is 0.889 bits per heavy atom. The summed E-state index contributed by atoms with van der Waals surface area (Å²) in [5.74, 6) is 0. The van der Waals surface area contributed by atoms with Gasteiger partial charge in [0.25, 0.3) is 0 Å². The second-order valence-corrected chi connectivity index (χ2v) is 4.77. The highest BCUT2D eigenvalue weighted by Crippen LogP contribution is 2.41. The lowest BCUT2D eigenvalue weighted by Gasteiger charge is -2.11. The molecule has 0 saturated carbocycles. The van der Waals surface area contributed by atoms with Crippen molar-refractivity contribution >= 4 is 17.4 Å². The molecule has 0 spiro atoms. The van der Waals surface area contributed by atoms with E-state index < -0.39 is 5.51 Å². The van der Waals surface area contributed by atoms with Gasteiger partial charge in [0.15, 0.2) is 0 Å². The van der Waals surface area contributed by atoms with Gasteiger partial charge in [-0.05, 0) is 41.1 Å². The van der Waals surface area contributed by atoms with E-state index in [2.05, 4.69) is 0 Å². The number of nitrogens with two attached hydrogens (primary N) is 1. The molecule has 0 aliphatic rings. The van der Waals surface area contributed by atoms with Crippen molar-refractivity contribution in [2.45, 2.75) is 10.4 Å². The molecular weight excluding hydrogens is 259 g/mol. The van der Waals surface area contributed by atoms with E-state index >= 15 is 0 Å². The Morgan fingerprint density at radius 3 is 2.11 bits per heavy atom. The molecule has 1 nitrogen and oxygen atoms in total. The first-order valence-corrected chi connectivity index (χ1v) is 5.98. The molecule has 2 aromatic carbocycles. The predicted molar refractivity (Wildman–Crippen MR) is 68.2 cm³/mol. The van der Waals surface area contributed by atoms with Crippen LogP contribution >= 0.6 is 11.8 Å². The van der Waals surface area contributed by atoms with Gasteiger partial charge in [-0.25, -0.2) is 0 Å². The van der Waals surface area contributed by atoms with Crippen LogP contribution in [-0.4, -0.2) is 5.51 Å². The lowest BCUT2D eigenvalue weighted by atomic mass is 10.1. The van der Waals surface area contributed by atoms with Crippen molar-refractivity contribution in [3.63, 3.8) is 0 Å². The largest absolute Gasteiger partial charge is 0.446 e. The fraction of sp³-hybridized carbons (Fsp3) is 0.0769. The molecule has 5 heteroatoms. The number of thioether (sulfide) groups is 1. The molecular formula is C13H10F3NS. The van der Waals surface area contributed by atoms with Crippen LogP contribution in [0.4, 0.5) is 18.9 Å². The summed E-state index contributed by atoms with van der Waals surface area (Å²) in [6.45, 7) is 0. The summed E-state index contributed by atoms with van der Waals surface area (Å²) in [6, 6.07) is 13.2. The van der Waals surface area contributed by atoms with Crippen molar-refractivity contribution in [1.82, 2.24) is 0 Å². The molecule has 0 fully saturated rings. The molecule has 0 aromatic heterocycles. The average molecular weight is 269 g/mol. The molecule has 0 unspecified atom stereocenters. The van der Waals surface area contributed by atoms with Crippen molar-refractivity contribution < 1.29 is 13.2 Å². The summed E-state index contributed by atoms with van der Waals surface area (Å²) in [4.78, 5) is 0.190. The van der Waals surface area contributed by atoms with Gasteiger partial charge in [0.1, 0.15) is 0 Å². The highest BCUT2D eigenvalue weighted by molar-refractivity contribution is 8.00. The minimum atomic E-state index is -4.29. The van der Waals surface area contributed by atoms with Crippen molar-refractivity contribution in [1.29, 1.82) is 0 Å². The maximum absolute atomic E-state index is 12.4. The highest BCUT2D eigenvalue weighted by atomic mass is 32.2. The molecule has 0 atom stereocenters. The standard InChI is InChI=1S/C13H10F3NS/c14-13(15,16)18-12-4-2-1-3-11(12)9-5-7-10(17)8-6-9/h1-8H,17H2. The summed E-state index contributed by atoms with van der Waals surface area (Å²) >= 11 is -0.105. The molecule has 18 heavy (non-hydrogen) atoms. The van der Waals surface area contributed by atoms with Crippen LogP contribution in [0.1, 0.15) is 0 Å². The monoisotopic (exact) mass is 269 g/mol. The molecule has 94 valence electrons. The zero-order valence-electron chi connectivity index (χ0n) is 9.24. The number of benzene rings is 2. The molecule has 0 amide bonds. The van der Waals surface area contributed by atoms with Gasteiger partial charge in [-0.3, -0.25) is 0 Å². The van der Waals surface area contributed by atoms with Crippen LogP contribution in [-0.2, 0) is 0 Å². The molecule has 2 N–H and O–H groups in total. The summed E-state index contributed by atoms with van der Waals surface area (Å²) in [6.07, 6.45) is 0. The number of alkyl halides is 3. The normalized spacial score (nSPS) is 11.5. The maximum Gasteiger partial charge on any atom is 0.446 e. The summed E-state index contributed by atoms with van der Waals surface area (Å²) in [7, 11) is 0. The number of hydrogen-bond acceptors (Lipinski definition) is 2. The van der Waals surface area contributed by atoms with Crippen LogP contribution in [0.3, 0.4) is 0 Å². The van der Waals surface area contributed by atoms with E-state index in [1.54, 1.807) is 42.5 Å². The van der Waals surface area contributed by atoms with Crippen molar-refractivity contribution in [2.24, 2.45) is 0 Å². The minimum absolute atomic E-state index is 0.105. The number of rotatable bonds is 2. The minimum Gasteiger partial charge on any atom is -0.399 e. The van der Waals surface area contributed by atoms with E-state index in [0.29, 0.717) is 11.3 Å². The molecule has 0 saturated heterocycles. The van der Waals surface area contributed by atoms with Gasteiger partial charge in [0.05, 0.1) is 0 Å². The zero-order chi connectivity index (χ0) is 13.2. The Hall–Kier alpha value is -1.62. The highest BCUT2D eigenvalue weighted by Gasteiger charge is 2.30. The first kappa shape index (κ1) is 12.8. The second kappa shape index (κ2) is 4.94. The van der Waals surface area contributed by atoms with Crippen LogP contribution < -0.4 is 5.73 Å². The second-order valence-electron chi connectivity index (χ2n) is 3.67. The van der Waals surface area contributed by atoms with E-state index in [1.807, 2.05) is 0 Å².